The van der Waals surface area contributed by atoms with Gasteiger partial charge < -0.3 is 14.3 Å². The maximum Gasteiger partial charge on any atom is 0.414 e. The molecule has 0 aliphatic heterocycles. The summed E-state index contributed by atoms with van der Waals surface area (Å²) in [7, 11) is 0. The maximum absolute atomic E-state index is 11.9. The number of guanidine groups is 1. The number of hydrogen-bond donors (Lipinski definition) is 2. The van der Waals surface area contributed by atoms with Gasteiger partial charge >= 0.3 is 18.0 Å². The van der Waals surface area contributed by atoms with Gasteiger partial charge in [0.05, 0.1) is 6.54 Å². The normalized spacial score (nSPS) is 13.7. The van der Waals surface area contributed by atoms with E-state index in [0.29, 0.717) is 18.9 Å². The van der Waals surface area contributed by atoms with Crippen molar-refractivity contribution in [2.24, 2.45) is 5.92 Å². The SMILES string of the molecule is CC(=O)ON(CC1CCCCC1)C(=N)NC(=O)OCCOC(=O)CCc1ccccc1. The molecule has 0 spiro atoms. The Morgan fingerprint density at radius 3 is 2.42 bits per heavy atom. The third kappa shape index (κ3) is 9.97. The first-order valence-corrected chi connectivity index (χ1v) is 10.6. The van der Waals surface area contributed by atoms with Gasteiger partial charge in [-0.2, -0.15) is 5.06 Å². The molecule has 0 aromatic heterocycles. The van der Waals surface area contributed by atoms with Crippen LogP contribution in [-0.2, 0) is 30.3 Å². The molecule has 1 amide bonds. The smallest absolute Gasteiger partial charge is 0.414 e. The van der Waals surface area contributed by atoms with Crippen LogP contribution in [0, 0.1) is 11.3 Å². The van der Waals surface area contributed by atoms with Crippen molar-refractivity contribution in [3.63, 3.8) is 0 Å². The van der Waals surface area contributed by atoms with Gasteiger partial charge in [0.1, 0.15) is 13.2 Å². The van der Waals surface area contributed by atoms with Crippen LogP contribution in [0.2, 0.25) is 0 Å². The molecule has 1 saturated carbocycles. The minimum absolute atomic E-state index is 0.0793. The number of carbonyl (C=O) groups excluding carboxylic acids is 3. The zero-order valence-electron chi connectivity index (χ0n) is 17.9. The Hall–Kier alpha value is -3.10. The van der Waals surface area contributed by atoms with E-state index in [1.165, 1.54) is 13.3 Å². The van der Waals surface area contributed by atoms with Crippen LogP contribution in [-0.4, -0.2) is 48.8 Å². The lowest BCUT2D eigenvalue weighted by molar-refractivity contribution is -0.172. The van der Waals surface area contributed by atoms with E-state index < -0.39 is 12.1 Å². The van der Waals surface area contributed by atoms with E-state index in [4.69, 9.17) is 19.7 Å². The van der Waals surface area contributed by atoms with E-state index in [1.807, 2.05) is 30.3 Å². The predicted octanol–water partition coefficient (Wildman–Crippen LogP) is 3.18. The molecule has 2 N–H and O–H groups in total. The molecule has 0 radical (unpaired) electrons. The number of aryl methyl sites for hydroxylation is 1. The first-order valence-electron chi connectivity index (χ1n) is 10.6. The lowest BCUT2D eigenvalue weighted by atomic mass is 9.89. The molecule has 0 bridgehead atoms. The average Bonchev–Trinajstić information content (AvgIpc) is 2.76. The predicted molar refractivity (Wildman–Crippen MR) is 113 cm³/mol. The zero-order chi connectivity index (χ0) is 22.5. The van der Waals surface area contributed by atoms with Gasteiger partial charge in [0.2, 0.25) is 5.96 Å². The van der Waals surface area contributed by atoms with Gasteiger partial charge in [-0.05, 0) is 30.7 Å². The molecular formula is C22H31N3O6. The van der Waals surface area contributed by atoms with Gasteiger partial charge in [-0.1, -0.05) is 49.6 Å². The summed E-state index contributed by atoms with van der Waals surface area (Å²) in [6.07, 6.45) is 5.30. The van der Waals surface area contributed by atoms with Crippen LogP contribution < -0.4 is 5.32 Å². The molecule has 1 aromatic rings. The molecule has 0 saturated heterocycles. The summed E-state index contributed by atoms with van der Waals surface area (Å²) in [6.45, 7) is 1.36. The summed E-state index contributed by atoms with van der Waals surface area (Å²) in [5.74, 6) is -1.03. The number of hydroxylamine groups is 2. The standard InChI is InChI=1S/C22H31N3O6/c1-17(26)31-25(16-19-10-6-3-7-11-19)21(23)24-22(28)30-15-14-29-20(27)13-12-18-8-4-2-5-9-18/h2,4-5,8-9,19H,3,6-7,10-16H2,1H3,(H2,23,24,28). The van der Waals surface area contributed by atoms with Gasteiger partial charge in [-0.25, -0.2) is 4.79 Å². The Labute approximate surface area is 182 Å². The fourth-order valence-corrected chi connectivity index (χ4v) is 3.38. The van der Waals surface area contributed by atoms with Gasteiger partial charge in [-0.3, -0.25) is 20.3 Å². The topological polar surface area (TPSA) is 118 Å². The number of ether oxygens (including phenoxy) is 2. The fourth-order valence-electron chi connectivity index (χ4n) is 3.38. The summed E-state index contributed by atoms with van der Waals surface area (Å²) in [4.78, 5) is 40.1. The number of hydrogen-bond acceptors (Lipinski definition) is 7. The number of nitrogens with zero attached hydrogens (tertiary/aromatic N) is 1. The molecule has 0 unspecified atom stereocenters. The first-order chi connectivity index (χ1) is 14.9. The number of alkyl carbamates (subject to hydrolysis) is 1. The molecule has 1 fully saturated rings. The van der Waals surface area contributed by atoms with E-state index in [-0.39, 0.29) is 31.6 Å². The average molecular weight is 434 g/mol. The highest BCUT2D eigenvalue weighted by Gasteiger charge is 2.23. The van der Waals surface area contributed by atoms with E-state index >= 15 is 0 Å². The second kappa shape index (κ2) is 13.3. The van der Waals surface area contributed by atoms with Crippen LogP contribution in [0.3, 0.4) is 0 Å². The summed E-state index contributed by atoms with van der Waals surface area (Å²) in [6, 6.07) is 9.59. The van der Waals surface area contributed by atoms with E-state index in [1.54, 1.807) is 0 Å². The summed E-state index contributed by atoms with van der Waals surface area (Å²) in [5.41, 5.74) is 1.04. The Bertz CT molecular complexity index is 734. The second-order valence-electron chi connectivity index (χ2n) is 7.46. The summed E-state index contributed by atoms with van der Waals surface area (Å²) >= 11 is 0. The molecule has 0 heterocycles. The van der Waals surface area contributed by atoms with Crippen molar-refractivity contribution in [3.05, 3.63) is 35.9 Å². The van der Waals surface area contributed by atoms with Crippen molar-refractivity contribution in [2.45, 2.75) is 51.9 Å². The highest BCUT2D eigenvalue weighted by Crippen LogP contribution is 2.24. The molecule has 170 valence electrons. The zero-order valence-corrected chi connectivity index (χ0v) is 17.9. The lowest BCUT2D eigenvalue weighted by Crippen LogP contribution is -2.46. The van der Waals surface area contributed by atoms with Gasteiger partial charge in [0.25, 0.3) is 0 Å². The molecule has 1 aromatic carbocycles. The van der Waals surface area contributed by atoms with Crippen LogP contribution in [0.4, 0.5) is 4.79 Å². The maximum atomic E-state index is 11.9. The van der Waals surface area contributed by atoms with Crippen molar-refractivity contribution in [3.8, 4) is 0 Å². The molecule has 9 nitrogen and oxygen atoms in total. The van der Waals surface area contributed by atoms with Gasteiger partial charge in [0, 0.05) is 13.3 Å². The number of esters is 1. The second-order valence-corrected chi connectivity index (χ2v) is 7.46. The molecule has 9 heteroatoms. The Morgan fingerprint density at radius 1 is 1.06 bits per heavy atom. The molecule has 1 aliphatic carbocycles. The summed E-state index contributed by atoms with van der Waals surface area (Å²) in [5, 5.41) is 11.4. The van der Waals surface area contributed by atoms with Crippen molar-refractivity contribution in [1.82, 2.24) is 10.4 Å². The molecule has 2 rings (SSSR count). The Morgan fingerprint density at radius 2 is 1.74 bits per heavy atom. The number of rotatable bonds is 8. The molecule has 0 atom stereocenters. The van der Waals surface area contributed by atoms with Crippen molar-refractivity contribution in [1.29, 1.82) is 5.41 Å². The molecule has 31 heavy (non-hydrogen) atoms. The Kier molecular flexibility index (Phi) is 10.3. The number of nitrogens with one attached hydrogen (secondary N) is 2. The van der Waals surface area contributed by atoms with Crippen molar-refractivity contribution >= 4 is 24.0 Å². The number of benzene rings is 1. The highest BCUT2D eigenvalue weighted by molar-refractivity contribution is 5.92. The minimum atomic E-state index is -0.883. The number of amides is 1. The first kappa shape index (κ1) is 24.2. The van der Waals surface area contributed by atoms with E-state index in [0.717, 1.165) is 36.3 Å². The van der Waals surface area contributed by atoms with Gasteiger partial charge in [0.15, 0.2) is 0 Å². The van der Waals surface area contributed by atoms with E-state index in [9.17, 15) is 14.4 Å². The van der Waals surface area contributed by atoms with Crippen LogP contribution in [0.15, 0.2) is 30.3 Å². The summed E-state index contributed by atoms with van der Waals surface area (Å²) < 4.78 is 9.98. The van der Waals surface area contributed by atoms with Crippen molar-refractivity contribution in [2.75, 3.05) is 19.8 Å². The van der Waals surface area contributed by atoms with Crippen LogP contribution in [0.1, 0.15) is 51.0 Å². The quantitative estimate of drug-likeness (QED) is 0.212. The monoisotopic (exact) mass is 433 g/mol. The van der Waals surface area contributed by atoms with Crippen LogP contribution in [0.25, 0.3) is 0 Å². The molecule has 1 aliphatic rings. The number of carbonyl (C=O) groups is 3. The lowest BCUT2D eigenvalue weighted by Gasteiger charge is -2.29. The van der Waals surface area contributed by atoms with Crippen molar-refractivity contribution < 1.29 is 28.7 Å². The van der Waals surface area contributed by atoms with E-state index in [2.05, 4.69) is 5.32 Å². The van der Waals surface area contributed by atoms with Crippen LogP contribution in [0.5, 0.6) is 0 Å². The third-order valence-corrected chi connectivity index (χ3v) is 4.90. The van der Waals surface area contributed by atoms with Crippen LogP contribution >= 0.6 is 0 Å². The fraction of sp³-hybridized carbons (Fsp3) is 0.545. The highest BCUT2D eigenvalue weighted by atomic mass is 16.7. The minimum Gasteiger partial charge on any atom is -0.462 e. The van der Waals surface area contributed by atoms with Gasteiger partial charge in [-0.15, -0.1) is 0 Å². The molecular weight excluding hydrogens is 402 g/mol. The Balaban J connectivity index is 1.65. The third-order valence-electron chi connectivity index (χ3n) is 4.90. The largest absolute Gasteiger partial charge is 0.462 e.